The normalized spacial score (nSPS) is 21.7. The third kappa shape index (κ3) is 4.28. The van der Waals surface area contributed by atoms with Crippen LogP contribution in [0.2, 0.25) is 0 Å². The molecule has 2 atom stereocenters. The molecule has 1 saturated heterocycles. The summed E-state index contributed by atoms with van der Waals surface area (Å²) in [5, 5.41) is 13.4. The lowest BCUT2D eigenvalue weighted by Gasteiger charge is -2.32. The SMILES string of the molecule is Cc1c(CC2C(=O)Nc3ccc(F)cc32)[nH]c2c1C(=O)N(CC(O)CN1CCOCC1)CC2. The number of β-amino-alcohol motifs (C(OH)–C–C–N with tert-alkyl or cyclic N) is 1. The minimum Gasteiger partial charge on any atom is -0.390 e. The van der Waals surface area contributed by atoms with Crippen LogP contribution in [-0.2, 0) is 22.4 Å². The summed E-state index contributed by atoms with van der Waals surface area (Å²) in [7, 11) is 0. The highest BCUT2D eigenvalue weighted by Gasteiger charge is 2.35. The summed E-state index contributed by atoms with van der Waals surface area (Å²) < 4.78 is 19.1. The number of rotatable bonds is 6. The number of aromatic amines is 1. The number of morpholine rings is 1. The molecule has 0 bridgehead atoms. The van der Waals surface area contributed by atoms with Crippen LogP contribution < -0.4 is 5.32 Å². The second kappa shape index (κ2) is 8.89. The number of H-pyrrole nitrogens is 1. The summed E-state index contributed by atoms with van der Waals surface area (Å²) >= 11 is 0. The predicted octanol–water partition coefficient (Wildman–Crippen LogP) is 1.43. The number of carbonyl (C=O) groups is 2. The van der Waals surface area contributed by atoms with Crippen molar-refractivity contribution in [2.75, 3.05) is 51.3 Å². The van der Waals surface area contributed by atoms with Crippen LogP contribution in [0.5, 0.6) is 0 Å². The van der Waals surface area contributed by atoms with Crippen molar-refractivity contribution in [3.8, 4) is 0 Å². The standard InChI is InChI=1S/C24H29FN4O4/c1-14-21(11-18-17-10-15(25)2-3-19(17)27-23(18)31)26-20-4-5-29(24(32)22(14)20)13-16(30)12-28-6-8-33-9-7-28/h2-3,10,16,18,26,30H,4-9,11-13H2,1H3,(H,27,31). The number of ether oxygens (including phenoxy) is 1. The van der Waals surface area contributed by atoms with Crippen molar-refractivity contribution < 1.29 is 23.8 Å². The zero-order chi connectivity index (χ0) is 23.1. The van der Waals surface area contributed by atoms with E-state index in [1.807, 2.05) is 6.92 Å². The van der Waals surface area contributed by atoms with Gasteiger partial charge < -0.3 is 25.0 Å². The molecule has 33 heavy (non-hydrogen) atoms. The van der Waals surface area contributed by atoms with Gasteiger partial charge in [0, 0.05) is 62.6 Å². The molecule has 3 aliphatic heterocycles. The summed E-state index contributed by atoms with van der Waals surface area (Å²) in [6.45, 7) is 6.13. The smallest absolute Gasteiger partial charge is 0.256 e. The number of hydrogen-bond donors (Lipinski definition) is 3. The molecular formula is C24H29FN4O4. The number of anilines is 1. The number of aromatic nitrogens is 1. The van der Waals surface area contributed by atoms with E-state index < -0.39 is 12.0 Å². The Kier molecular flexibility index (Phi) is 5.94. The van der Waals surface area contributed by atoms with E-state index in [2.05, 4.69) is 15.2 Å². The van der Waals surface area contributed by atoms with Crippen molar-refractivity contribution in [1.82, 2.24) is 14.8 Å². The van der Waals surface area contributed by atoms with Crippen LogP contribution in [0.3, 0.4) is 0 Å². The topological polar surface area (TPSA) is 97.9 Å². The first-order valence-electron chi connectivity index (χ1n) is 11.5. The van der Waals surface area contributed by atoms with E-state index in [1.165, 1.54) is 12.1 Å². The van der Waals surface area contributed by atoms with Crippen LogP contribution >= 0.6 is 0 Å². The van der Waals surface area contributed by atoms with Crippen molar-refractivity contribution in [3.63, 3.8) is 0 Å². The maximum Gasteiger partial charge on any atom is 0.256 e. The third-order valence-corrected chi connectivity index (χ3v) is 6.94. The number of aliphatic hydroxyl groups excluding tert-OH is 1. The average Bonchev–Trinajstić information content (AvgIpc) is 3.27. The molecule has 1 aromatic carbocycles. The molecule has 9 heteroatoms. The lowest BCUT2D eigenvalue weighted by atomic mass is 9.93. The van der Waals surface area contributed by atoms with E-state index >= 15 is 0 Å². The molecule has 1 aromatic heterocycles. The number of aliphatic hydroxyl groups is 1. The minimum absolute atomic E-state index is 0.0976. The highest BCUT2D eigenvalue weighted by Crippen LogP contribution is 2.36. The van der Waals surface area contributed by atoms with Gasteiger partial charge in [0.1, 0.15) is 5.82 Å². The van der Waals surface area contributed by atoms with Gasteiger partial charge in [-0.2, -0.15) is 0 Å². The van der Waals surface area contributed by atoms with Gasteiger partial charge in [0.05, 0.1) is 30.8 Å². The van der Waals surface area contributed by atoms with Crippen LogP contribution in [0.15, 0.2) is 18.2 Å². The number of fused-ring (bicyclic) bond motifs is 2. The zero-order valence-electron chi connectivity index (χ0n) is 18.7. The van der Waals surface area contributed by atoms with Gasteiger partial charge in [-0.1, -0.05) is 0 Å². The largest absolute Gasteiger partial charge is 0.390 e. The first kappa shape index (κ1) is 22.1. The van der Waals surface area contributed by atoms with E-state index in [9.17, 15) is 19.1 Å². The number of carbonyl (C=O) groups excluding carboxylic acids is 2. The molecule has 2 aromatic rings. The quantitative estimate of drug-likeness (QED) is 0.611. The van der Waals surface area contributed by atoms with Crippen molar-refractivity contribution in [1.29, 1.82) is 0 Å². The summed E-state index contributed by atoms with van der Waals surface area (Å²) in [5.74, 6) is -1.14. The Hall–Kier alpha value is -2.75. The fraction of sp³-hybridized carbons (Fsp3) is 0.500. The monoisotopic (exact) mass is 456 g/mol. The molecule has 5 rings (SSSR count). The molecule has 176 valence electrons. The van der Waals surface area contributed by atoms with Gasteiger partial charge in [-0.25, -0.2) is 4.39 Å². The molecule has 4 heterocycles. The average molecular weight is 457 g/mol. The number of nitrogens with one attached hydrogen (secondary N) is 2. The van der Waals surface area contributed by atoms with Crippen molar-refractivity contribution in [2.45, 2.75) is 31.8 Å². The third-order valence-electron chi connectivity index (χ3n) is 6.94. The van der Waals surface area contributed by atoms with E-state index in [0.717, 1.165) is 30.0 Å². The number of benzene rings is 1. The predicted molar refractivity (Wildman–Crippen MR) is 120 cm³/mol. The van der Waals surface area contributed by atoms with Gasteiger partial charge in [-0.15, -0.1) is 0 Å². The maximum atomic E-state index is 13.8. The molecule has 2 amide bonds. The van der Waals surface area contributed by atoms with Gasteiger partial charge in [0.2, 0.25) is 5.91 Å². The summed E-state index contributed by atoms with van der Waals surface area (Å²) in [4.78, 5) is 33.0. The van der Waals surface area contributed by atoms with E-state index in [1.54, 1.807) is 11.0 Å². The van der Waals surface area contributed by atoms with Crippen LogP contribution in [-0.4, -0.2) is 83.7 Å². The van der Waals surface area contributed by atoms with Crippen molar-refractivity contribution in [3.05, 3.63) is 52.1 Å². The molecule has 1 fully saturated rings. The van der Waals surface area contributed by atoms with Gasteiger partial charge in [0.15, 0.2) is 0 Å². The van der Waals surface area contributed by atoms with Crippen LogP contribution in [0.4, 0.5) is 10.1 Å². The Morgan fingerprint density at radius 2 is 2.00 bits per heavy atom. The summed E-state index contributed by atoms with van der Waals surface area (Å²) in [5.41, 5.74) is 4.42. The van der Waals surface area contributed by atoms with E-state index in [-0.39, 0.29) is 24.2 Å². The Labute approximate surface area is 191 Å². The molecule has 8 nitrogen and oxygen atoms in total. The number of hydrogen-bond acceptors (Lipinski definition) is 5. The van der Waals surface area contributed by atoms with Gasteiger partial charge in [0.25, 0.3) is 5.91 Å². The van der Waals surface area contributed by atoms with Crippen LogP contribution in [0, 0.1) is 12.7 Å². The zero-order valence-corrected chi connectivity index (χ0v) is 18.7. The summed E-state index contributed by atoms with van der Waals surface area (Å²) in [6, 6.07) is 4.32. The van der Waals surface area contributed by atoms with E-state index in [0.29, 0.717) is 56.0 Å². The van der Waals surface area contributed by atoms with Gasteiger partial charge >= 0.3 is 0 Å². The molecule has 0 spiro atoms. The lowest BCUT2D eigenvalue weighted by Crippen LogP contribution is -2.47. The first-order valence-corrected chi connectivity index (χ1v) is 11.5. The van der Waals surface area contributed by atoms with Crippen molar-refractivity contribution >= 4 is 17.5 Å². The lowest BCUT2D eigenvalue weighted by molar-refractivity contribution is -0.117. The highest BCUT2D eigenvalue weighted by molar-refractivity contribution is 6.03. The molecular weight excluding hydrogens is 427 g/mol. The maximum absolute atomic E-state index is 13.8. The molecule has 0 aliphatic carbocycles. The molecule has 2 unspecified atom stereocenters. The fourth-order valence-corrected chi connectivity index (χ4v) is 5.17. The second-order valence-electron chi connectivity index (χ2n) is 9.13. The Bertz CT molecular complexity index is 1080. The first-order chi connectivity index (χ1) is 15.9. The second-order valence-corrected chi connectivity index (χ2v) is 9.13. The number of halogens is 1. The number of amides is 2. The Morgan fingerprint density at radius 3 is 2.79 bits per heavy atom. The fourth-order valence-electron chi connectivity index (χ4n) is 5.17. The van der Waals surface area contributed by atoms with Gasteiger partial charge in [-0.3, -0.25) is 14.5 Å². The minimum atomic E-state index is -0.624. The summed E-state index contributed by atoms with van der Waals surface area (Å²) in [6.07, 6.45) is 0.406. The van der Waals surface area contributed by atoms with Crippen LogP contribution in [0.25, 0.3) is 0 Å². The molecule has 0 radical (unpaired) electrons. The van der Waals surface area contributed by atoms with Crippen molar-refractivity contribution in [2.24, 2.45) is 0 Å². The highest BCUT2D eigenvalue weighted by atomic mass is 19.1. The van der Waals surface area contributed by atoms with E-state index in [4.69, 9.17) is 4.74 Å². The Balaban J connectivity index is 1.30. The van der Waals surface area contributed by atoms with Gasteiger partial charge in [-0.05, 0) is 36.2 Å². The Morgan fingerprint density at radius 1 is 1.21 bits per heavy atom. The van der Waals surface area contributed by atoms with Crippen LogP contribution in [0.1, 0.15) is 38.8 Å². The molecule has 3 aliphatic rings. The molecule has 3 N–H and O–H groups in total. The number of nitrogens with zero attached hydrogens (tertiary/aromatic N) is 2. The molecule has 0 saturated carbocycles.